The Labute approximate surface area is 124 Å². The first-order valence-corrected chi connectivity index (χ1v) is 7.19. The van der Waals surface area contributed by atoms with E-state index in [1.165, 1.54) is 0 Å². The van der Waals surface area contributed by atoms with Gasteiger partial charge >= 0.3 is 0 Å². The predicted octanol–water partition coefficient (Wildman–Crippen LogP) is 0.759. The molecule has 2 N–H and O–H groups in total. The molecular weight excluding hydrogens is 275 g/mol. The van der Waals surface area contributed by atoms with Crippen LogP contribution in [0.4, 0.5) is 10.1 Å². The topological polar surface area (TPSA) is 54.0 Å². The number of morpholine rings is 1. The van der Waals surface area contributed by atoms with E-state index in [4.69, 9.17) is 9.47 Å². The zero-order chi connectivity index (χ0) is 15.1. The van der Waals surface area contributed by atoms with Gasteiger partial charge in [-0.05, 0) is 17.7 Å². The Balaban J connectivity index is 2.01. The standard InChI is InChI=1S/C15H23FN2O3/c1-20-6-4-17-9-12-2-3-15(14(16)8-12)18-5-7-21-11-13(18)10-19/h2-3,8,13,17,19H,4-7,9-11H2,1H3. The average molecular weight is 298 g/mol. The number of hydrogen-bond donors (Lipinski definition) is 2. The van der Waals surface area contributed by atoms with E-state index >= 15 is 0 Å². The van der Waals surface area contributed by atoms with Gasteiger partial charge in [-0.25, -0.2) is 4.39 Å². The Morgan fingerprint density at radius 3 is 3.10 bits per heavy atom. The minimum absolute atomic E-state index is 0.0419. The summed E-state index contributed by atoms with van der Waals surface area (Å²) < 4.78 is 24.6. The molecule has 1 heterocycles. The second kappa shape index (κ2) is 8.29. The molecule has 1 unspecified atom stereocenters. The number of anilines is 1. The molecule has 118 valence electrons. The van der Waals surface area contributed by atoms with Crippen LogP contribution in [0.2, 0.25) is 0 Å². The molecule has 5 nitrogen and oxygen atoms in total. The van der Waals surface area contributed by atoms with Crippen molar-refractivity contribution < 1.29 is 19.0 Å². The normalized spacial score (nSPS) is 19.0. The van der Waals surface area contributed by atoms with E-state index in [0.717, 1.165) is 12.1 Å². The van der Waals surface area contributed by atoms with Crippen molar-refractivity contribution in [1.82, 2.24) is 5.32 Å². The first-order valence-electron chi connectivity index (χ1n) is 7.19. The number of ether oxygens (including phenoxy) is 2. The van der Waals surface area contributed by atoms with Crippen LogP contribution in [0.5, 0.6) is 0 Å². The largest absolute Gasteiger partial charge is 0.394 e. The third-order valence-electron chi connectivity index (χ3n) is 3.57. The second-order valence-electron chi connectivity index (χ2n) is 5.06. The molecule has 1 fully saturated rings. The summed E-state index contributed by atoms with van der Waals surface area (Å²) in [5, 5.41) is 12.6. The van der Waals surface area contributed by atoms with Crippen LogP contribution in [0, 0.1) is 5.82 Å². The number of hydrogen-bond acceptors (Lipinski definition) is 5. The lowest BCUT2D eigenvalue weighted by Crippen LogP contribution is -2.48. The zero-order valence-corrected chi connectivity index (χ0v) is 12.3. The van der Waals surface area contributed by atoms with Crippen LogP contribution in [-0.2, 0) is 16.0 Å². The van der Waals surface area contributed by atoms with Gasteiger partial charge in [-0.3, -0.25) is 0 Å². The fraction of sp³-hybridized carbons (Fsp3) is 0.600. The van der Waals surface area contributed by atoms with Gasteiger partial charge in [0.2, 0.25) is 0 Å². The Morgan fingerprint density at radius 2 is 2.38 bits per heavy atom. The van der Waals surface area contributed by atoms with Crippen molar-refractivity contribution in [3.8, 4) is 0 Å². The van der Waals surface area contributed by atoms with Crippen molar-refractivity contribution in [2.45, 2.75) is 12.6 Å². The predicted molar refractivity (Wildman–Crippen MR) is 79.0 cm³/mol. The molecule has 1 aliphatic rings. The SMILES string of the molecule is COCCNCc1ccc(N2CCOCC2CO)c(F)c1. The number of aliphatic hydroxyl groups is 1. The van der Waals surface area contributed by atoms with Crippen LogP contribution in [0.25, 0.3) is 0 Å². The average Bonchev–Trinajstić information content (AvgIpc) is 2.52. The maximum atomic E-state index is 14.3. The molecular formula is C15H23FN2O3. The number of nitrogens with zero attached hydrogens (tertiary/aromatic N) is 1. The van der Waals surface area contributed by atoms with Crippen molar-refractivity contribution in [2.75, 3.05) is 51.5 Å². The molecule has 6 heteroatoms. The lowest BCUT2D eigenvalue weighted by Gasteiger charge is -2.36. The molecule has 0 bridgehead atoms. The number of rotatable bonds is 7. The summed E-state index contributed by atoms with van der Waals surface area (Å²) in [6.07, 6.45) is 0. The Morgan fingerprint density at radius 1 is 1.52 bits per heavy atom. The van der Waals surface area contributed by atoms with E-state index in [9.17, 15) is 9.50 Å². The van der Waals surface area contributed by atoms with Gasteiger partial charge in [0.25, 0.3) is 0 Å². The summed E-state index contributed by atoms with van der Waals surface area (Å²) in [6, 6.07) is 5.04. The molecule has 1 atom stereocenters. The summed E-state index contributed by atoms with van der Waals surface area (Å²) >= 11 is 0. The van der Waals surface area contributed by atoms with Gasteiger partial charge in [-0.2, -0.15) is 0 Å². The number of methoxy groups -OCH3 is 1. The minimum atomic E-state index is -0.263. The molecule has 2 rings (SSSR count). The van der Waals surface area contributed by atoms with Gasteiger partial charge in [0.15, 0.2) is 0 Å². The molecule has 0 spiro atoms. The number of aliphatic hydroxyl groups excluding tert-OH is 1. The van der Waals surface area contributed by atoms with Crippen molar-refractivity contribution in [3.05, 3.63) is 29.6 Å². The summed E-state index contributed by atoms with van der Waals surface area (Å²) in [6.45, 7) is 3.50. The lowest BCUT2D eigenvalue weighted by molar-refractivity contribution is 0.0723. The maximum absolute atomic E-state index is 14.3. The second-order valence-corrected chi connectivity index (χ2v) is 5.06. The zero-order valence-electron chi connectivity index (χ0n) is 12.3. The van der Waals surface area contributed by atoms with Gasteiger partial charge < -0.3 is 24.8 Å². The molecule has 0 saturated carbocycles. The highest BCUT2D eigenvalue weighted by Crippen LogP contribution is 2.24. The highest BCUT2D eigenvalue weighted by atomic mass is 19.1. The first-order chi connectivity index (χ1) is 10.3. The highest BCUT2D eigenvalue weighted by Gasteiger charge is 2.24. The molecule has 1 aromatic rings. The first kappa shape index (κ1) is 16.2. The van der Waals surface area contributed by atoms with Gasteiger partial charge in [-0.15, -0.1) is 0 Å². The summed E-state index contributed by atoms with van der Waals surface area (Å²) in [7, 11) is 1.65. The molecule has 0 radical (unpaired) electrons. The number of halogens is 1. The van der Waals surface area contributed by atoms with Gasteiger partial charge in [0.05, 0.1) is 38.2 Å². The molecule has 1 saturated heterocycles. The third kappa shape index (κ3) is 4.38. The highest BCUT2D eigenvalue weighted by molar-refractivity contribution is 5.50. The van der Waals surface area contributed by atoms with Gasteiger partial charge in [0.1, 0.15) is 5.82 Å². The molecule has 1 aromatic carbocycles. The van der Waals surface area contributed by atoms with E-state index < -0.39 is 0 Å². The minimum Gasteiger partial charge on any atom is -0.394 e. The van der Waals surface area contributed by atoms with Crippen molar-refractivity contribution in [2.24, 2.45) is 0 Å². The van der Waals surface area contributed by atoms with Gasteiger partial charge in [-0.1, -0.05) is 6.07 Å². The smallest absolute Gasteiger partial charge is 0.146 e. The van der Waals surface area contributed by atoms with E-state index in [1.54, 1.807) is 19.2 Å². The number of nitrogens with one attached hydrogen (secondary N) is 1. The molecule has 0 aliphatic carbocycles. The van der Waals surface area contributed by atoms with Crippen molar-refractivity contribution >= 4 is 5.69 Å². The van der Waals surface area contributed by atoms with Crippen LogP contribution in [0.15, 0.2) is 18.2 Å². The maximum Gasteiger partial charge on any atom is 0.146 e. The summed E-state index contributed by atoms with van der Waals surface area (Å²) in [5.41, 5.74) is 1.42. The van der Waals surface area contributed by atoms with Crippen LogP contribution in [-0.4, -0.2) is 57.8 Å². The van der Waals surface area contributed by atoms with Crippen LogP contribution in [0.1, 0.15) is 5.56 Å². The van der Waals surface area contributed by atoms with E-state index in [-0.39, 0.29) is 18.5 Å². The third-order valence-corrected chi connectivity index (χ3v) is 3.57. The Hall–Kier alpha value is -1.21. The fourth-order valence-corrected chi connectivity index (χ4v) is 2.42. The number of benzene rings is 1. The molecule has 1 aliphatic heterocycles. The quantitative estimate of drug-likeness (QED) is 0.728. The van der Waals surface area contributed by atoms with Crippen LogP contribution in [0.3, 0.4) is 0 Å². The molecule has 21 heavy (non-hydrogen) atoms. The van der Waals surface area contributed by atoms with Crippen LogP contribution < -0.4 is 10.2 Å². The van der Waals surface area contributed by atoms with Crippen molar-refractivity contribution in [1.29, 1.82) is 0 Å². The molecule has 0 amide bonds. The molecule has 0 aromatic heterocycles. The Kier molecular flexibility index (Phi) is 6.38. The monoisotopic (exact) mass is 298 g/mol. The Bertz CT molecular complexity index is 445. The van der Waals surface area contributed by atoms with E-state index in [0.29, 0.717) is 38.6 Å². The summed E-state index contributed by atoms with van der Waals surface area (Å²) in [4.78, 5) is 1.88. The van der Waals surface area contributed by atoms with E-state index in [2.05, 4.69) is 5.32 Å². The van der Waals surface area contributed by atoms with Crippen LogP contribution >= 0.6 is 0 Å². The fourth-order valence-electron chi connectivity index (χ4n) is 2.42. The van der Waals surface area contributed by atoms with Crippen molar-refractivity contribution in [3.63, 3.8) is 0 Å². The summed E-state index contributed by atoms with van der Waals surface area (Å²) in [5.74, 6) is -0.263. The lowest BCUT2D eigenvalue weighted by atomic mass is 10.1. The van der Waals surface area contributed by atoms with Gasteiger partial charge in [0, 0.05) is 26.7 Å². The van der Waals surface area contributed by atoms with E-state index in [1.807, 2.05) is 11.0 Å².